The van der Waals surface area contributed by atoms with Crippen LogP contribution in [-0.4, -0.2) is 114 Å². The Bertz CT molecular complexity index is 2130. The van der Waals surface area contributed by atoms with Crippen LogP contribution in [0.4, 0.5) is 0 Å². The topological polar surface area (TPSA) is 220 Å². The summed E-state index contributed by atoms with van der Waals surface area (Å²) >= 11 is 0. The number of hydrogen-bond donors (Lipinski definition) is 0. The summed E-state index contributed by atoms with van der Waals surface area (Å²) in [5.41, 5.74) is -0.761. The molecule has 0 spiro atoms. The van der Waals surface area contributed by atoms with Gasteiger partial charge in [-0.1, -0.05) is 153 Å². The summed E-state index contributed by atoms with van der Waals surface area (Å²) in [5.74, 6) is -3.18. The summed E-state index contributed by atoms with van der Waals surface area (Å²) in [6.45, 7) is 9.24. The number of unbranched alkanes of at least 4 members (excludes halogenated alkanes) is 20. The Hall–Kier alpha value is -3.64. The number of esters is 4. The van der Waals surface area contributed by atoms with Crippen molar-refractivity contribution in [2.24, 2.45) is 0 Å². The molecule has 0 saturated carbocycles. The molecule has 0 aromatic heterocycles. The van der Waals surface area contributed by atoms with Gasteiger partial charge in [-0.25, -0.2) is 36.0 Å². The van der Waals surface area contributed by atoms with Gasteiger partial charge in [-0.3, -0.25) is 0 Å². The van der Waals surface area contributed by atoms with Crippen molar-refractivity contribution in [3.8, 4) is 0 Å². The summed E-state index contributed by atoms with van der Waals surface area (Å²) in [5, 5.41) is 0. The number of carbonyl (C=O) groups is 4. The number of ether oxygens (including phenoxy) is 4. The molecule has 0 atom stereocenters. The Kier molecular flexibility index (Phi) is 45.0. The molecule has 0 fully saturated rings. The fourth-order valence-corrected chi connectivity index (χ4v) is 8.50. The van der Waals surface area contributed by atoms with Crippen LogP contribution in [0.5, 0.6) is 0 Å². The van der Waals surface area contributed by atoms with E-state index < -0.39 is 53.9 Å². The molecule has 2 aromatic carbocycles. The zero-order valence-corrected chi connectivity index (χ0v) is 50.8. The van der Waals surface area contributed by atoms with Gasteiger partial charge in [-0.05, 0) is 139 Å². The van der Waals surface area contributed by atoms with Gasteiger partial charge in [0.1, 0.15) is 20.2 Å². The molecule has 0 amide bonds. The van der Waals surface area contributed by atoms with E-state index >= 15 is 0 Å². The van der Waals surface area contributed by atoms with Crippen molar-refractivity contribution in [2.45, 2.75) is 217 Å². The summed E-state index contributed by atoms with van der Waals surface area (Å²) in [7, 11) is -9.61. The second-order valence-electron chi connectivity index (χ2n) is 18.7. The number of carbonyl (C=O) groups excluding carboxylic acids is 4. The molecule has 0 aliphatic rings. The second-order valence-corrected chi connectivity index (χ2v) is 21.5. The van der Waals surface area contributed by atoms with Gasteiger partial charge in [0.15, 0.2) is 0 Å². The van der Waals surface area contributed by atoms with Crippen molar-refractivity contribution >= 4 is 81.9 Å². The molecule has 0 bridgehead atoms. The standard InChI is InChI=1S/2C30H46O7S.Ca/c2*1-3-5-7-9-11-13-15-17-19-23-36-29(31)27-22-21-26(38(33,34)35)25-28(27)30(32)37-24-20-18-16-14-12-10-8-6-4-2;/h2*7-10,21-22,25H,3-6,11-20,23-24H2,1-2H3,(H,33,34,35);/q;;+2/p-2/b2*9-7+,10-8+;. The van der Waals surface area contributed by atoms with Crippen LogP contribution < -0.4 is 0 Å². The molecule has 0 unspecified atom stereocenters. The minimum Gasteiger partial charge on any atom is -0.744 e. The molecule has 428 valence electrons. The van der Waals surface area contributed by atoms with E-state index in [-0.39, 0.29) is 86.4 Å². The van der Waals surface area contributed by atoms with Crippen molar-refractivity contribution in [3.63, 3.8) is 0 Å². The van der Waals surface area contributed by atoms with Crippen molar-refractivity contribution < 1.29 is 64.1 Å². The number of benzene rings is 2. The zero-order chi connectivity index (χ0) is 56.1. The third-order valence-corrected chi connectivity index (χ3v) is 13.6. The molecular weight excluding hydrogens is 1050 g/mol. The third kappa shape index (κ3) is 37.0. The first-order valence-corrected chi connectivity index (χ1v) is 30.9. The van der Waals surface area contributed by atoms with Crippen molar-refractivity contribution in [1.29, 1.82) is 0 Å². The minimum atomic E-state index is -4.80. The van der Waals surface area contributed by atoms with E-state index in [2.05, 4.69) is 76.3 Å². The average Bonchev–Trinajstić information content (AvgIpc) is 3.39. The first kappa shape index (κ1) is 73.4. The van der Waals surface area contributed by atoms with Gasteiger partial charge < -0.3 is 28.1 Å². The van der Waals surface area contributed by atoms with Crippen molar-refractivity contribution in [1.82, 2.24) is 0 Å². The predicted octanol–water partition coefficient (Wildman–Crippen LogP) is 14.7. The van der Waals surface area contributed by atoms with Gasteiger partial charge in [0.05, 0.1) is 58.5 Å². The Labute approximate surface area is 493 Å². The molecular formula is C60H90CaO14S2. The van der Waals surface area contributed by atoms with Crippen LogP contribution in [0, 0.1) is 0 Å². The predicted molar refractivity (Wildman–Crippen MR) is 304 cm³/mol. The van der Waals surface area contributed by atoms with Crippen LogP contribution in [0.15, 0.2) is 94.8 Å². The van der Waals surface area contributed by atoms with Crippen LogP contribution in [-0.2, 0) is 39.2 Å². The summed E-state index contributed by atoms with van der Waals surface area (Å²) in [4.78, 5) is 49.5. The smallest absolute Gasteiger partial charge is 0.744 e. The molecule has 0 saturated heterocycles. The minimum absolute atomic E-state index is 0. The largest absolute Gasteiger partial charge is 2.00 e. The van der Waals surface area contributed by atoms with Gasteiger partial charge >= 0.3 is 61.6 Å². The Morgan fingerprint density at radius 2 is 0.571 bits per heavy atom. The Balaban J connectivity index is 0.00000148. The van der Waals surface area contributed by atoms with E-state index in [1.165, 1.54) is 0 Å². The summed E-state index contributed by atoms with van der Waals surface area (Å²) in [6, 6.07) is 6.09. The fraction of sp³-hybridized carbons (Fsp3) is 0.600. The van der Waals surface area contributed by atoms with Crippen LogP contribution in [0.25, 0.3) is 0 Å². The van der Waals surface area contributed by atoms with Gasteiger partial charge in [0, 0.05) is 0 Å². The van der Waals surface area contributed by atoms with Gasteiger partial charge in [0.25, 0.3) is 0 Å². The van der Waals surface area contributed by atoms with Crippen molar-refractivity contribution in [2.75, 3.05) is 26.4 Å². The number of hydrogen-bond acceptors (Lipinski definition) is 14. The molecule has 14 nitrogen and oxygen atoms in total. The quantitative estimate of drug-likeness (QED) is 0.0151. The van der Waals surface area contributed by atoms with Gasteiger partial charge in [0.2, 0.25) is 0 Å². The first-order valence-electron chi connectivity index (χ1n) is 28.1. The number of allylic oxidation sites excluding steroid dienone is 8. The van der Waals surface area contributed by atoms with Crippen LogP contribution in [0.1, 0.15) is 249 Å². The second kappa shape index (κ2) is 47.2. The molecule has 0 aliphatic carbocycles. The van der Waals surface area contributed by atoms with E-state index in [9.17, 15) is 45.1 Å². The van der Waals surface area contributed by atoms with Crippen molar-refractivity contribution in [3.05, 3.63) is 107 Å². The summed E-state index contributed by atoms with van der Waals surface area (Å²) < 4.78 is 90.0. The van der Waals surface area contributed by atoms with E-state index in [0.717, 1.165) is 190 Å². The molecule has 2 rings (SSSR count). The summed E-state index contributed by atoms with van der Waals surface area (Å²) in [6.07, 6.45) is 45.2. The number of rotatable bonds is 42. The van der Waals surface area contributed by atoms with E-state index in [1.807, 2.05) is 0 Å². The maximum Gasteiger partial charge on any atom is 2.00 e. The molecule has 77 heavy (non-hydrogen) atoms. The maximum absolute atomic E-state index is 12.7. The van der Waals surface area contributed by atoms with E-state index in [4.69, 9.17) is 18.9 Å². The molecule has 2 aromatic rings. The van der Waals surface area contributed by atoms with Gasteiger partial charge in [-0.2, -0.15) is 0 Å². The molecule has 0 N–H and O–H groups in total. The monoisotopic (exact) mass is 1140 g/mol. The van der Waals surface area contributed by atoms with E-state index in [0.29, 0.717) is 25.7 Å². The molecule has 17 heteroatoms. The Morgan fingerprint density at radius 3 is 0.805 bits per heavy atom. The Morgan fingerprint density at radius 1 is 0.351 bits per heavy atom. The SMILES string of the molecule is CCC/C=C/CCCCCCOC(=O)c1ccc(S(=O)(=O)[O-])cc1C(=O)OCCCCCC/C=C/CCC.CCC/C=C/CCCCCCOC(=O)c1ccc(S(=O)(=O)[O-])cc1C(=O)OCCCCCC/C=C/CCC.[Ca+2]. The van der Waals surface area contributed by atoms with Crippen LogP contribution >= 0.6 is 0 Å². The van der Waals surface area contributed by atoms with Crippen LogP contribution in [0.2, 0.25) is 0 Å². The molecule has 0 aliphatic heterocycles. The van der Waals surface area contributed by atoms with Gasteiger partial charge in [-0.15, -0.1) is 0 Å². The van der Waals surface area contributed by atoms with Crippen LogP contribution in [0.3, 0.4) is 0 Å². The molecule has 0 heterocycles. The normalized spacial score (nSPS) is 11.7. The fourth-order valence-electron chi connectivity index (χ4n) is 7.50. The average molecular weight is 1140 g/mol. The molecule has 0 radical (unpaired) electrons. The first-order chi connectivity index (χ1) is 36.6. The maximum atomic E-state index is 12.7. The zero-order valence-electron chi connectivity index (χ0n) is 46.9. The third-order valence-electron chi connectivity index (χ3n) is 11.9. The van der Waals surface area contributed by atoms with E-state index in [1.54, 1.807) is 0 Å².